The van der Waals surface area contributed by atoms with Gasteiger partial charge in [-0.2, -0.15) is 5.26 Å². The average molecular weight is 305 g/mol. The molecule has 0 fully saturated rings. The highest BCUT2D eigenvalue weighted by atomic mass is 35.5. The van der Waals surface area contributed by atoms with E-state index in [9.17, 15) is 4.39 Å². The number of ether oxygens (including phenoxy) is 1. The van der Waals surface area contributed by atoms with Crippen LogP contribution < -0.4 is 10.5 Å². The molecule has 0 saturated carbocycles. The Labute approximate surface area is 127 Å². The van der Waals surface area contributed by atoms with E-state index in [-0.39, 0.29) is 6.61 Å². The lowest BCUT2D eigenvalue weighted by molar-refractivity contribution is 0.302. The van der Waals surface area contributed by atoms with Crippen molar-refractivity contribution >= 4 is 11.6 Å². The maximum Gasteiger partial charge on any atom is 0.123 e. The molecule has 108 valence electrons. The highest BCUT2D eigenvalue weighted by Gasteiger charge is 2.08. The van der Waals surface area contributed by atoms with E-state index < -0.39 is 5.82 Å². The molecule has 5 heteroatoms. The van der Waals surface area contributed by atoms with Crippen LogP contribution in [0.5, 0.6) is 5.75 Å². The molecule has 21 heavy (non-hydrogen) atoms. The molecular formula is C16H14ClFN2O. The largest absolute Gasteiger partial charge is 0.489 e. The van der Waals surface area contributed by atoms with Gasteiger partial charge in [-0.15, -0.1) is 0 Å². The summed E-state index contributed by atoms with van der Waals surface area (Å²) in [6, 6.07) is 11.3. The number of benzene rings is 2. The molecule has 0 atom stereocenters. The minimum Gasteiger partial charge on any atom is -0.489 e. The third-order valence-electron chi connectivity index (χ3n) is 3.01. The number of halogens is 2. The Kier molecular flexibility index (Phi) is 5.15. The summed E-state index contributed by atoms with van der Waals surface area (Å²) in [6.45, 7) is 0.583. The van der Waals surface area contributed by atoms with Gasteiger partial charge in [0.1, 0.15) is 18.2 Å². The first-order valence-corrected chi connectivity index (χ1v) is 6.81. The van der Waals surface area contributed by atoms with Gasteiger partial charge in [-0.25, -0.2) is 4.39 Å². The molecule has 0 aliphatic carbocycles. The first-order chi connectivity index (χ1) is 10.1. The zero-order valence-electron chi connectivity index (χ0n) is 11.3. The normalized spacial score (nSPS) is 10.2. The molecule has 2 N–H and O–H groups in total. The zero-order valence-corrected chi connectivity index (χ0v) is 12.0. The van der Waals surface area contributed by atoms with Crippen molar-refractivity contribution in [3.05, 3.63) is 63.9 Å². The van der Waals surface area contributed by atoms with Crippen LogP contribution in [0.3, 0.4) is 0 Å². The fourth-order valence-corrected chi connectivity index (χ4v) is 2.18. The standard InChI is InChI=1S/C16H14ClFN2O/c17-14-2-4-16(11(7-14)5-6-19)21-10-13-8-15(18)3-1-12(13)9-20/h1-4,7-8H,5-6,10,19H2. The van der Waals surface area contributed by atoms with Crippen LogP contribution in [-0.2, 0) is 13.0 Å². The third kappa shape index (κ3) is 3.94. The summed E-state index contributed by atoms with van der Waals surface area (Å²) in [6.07, 6.45) is 0.629. The van der Waals surface area contributed by atoms with Crippen molar-refractivity contribution in [3.8, 4) is 11.8 Å². The predicted octanol–water partition coefficient (Wildman–Crippen LogP) is 3.43. The summed E-state index contributed by atoms with van der Waals surface area (Å²) >= 11 is 5.95. The molecule has 2 aromatic carbocycles. The van der Waals surface area contributed by atoms with Gasteiger partial charge in [-0.1, -0.05) is 11.6 Å². The summed E-state index contributed by atoms with van der Waals surface area (Å²) in [5.74, 6) is 0.240. The van der Waals surface area contributed by atoms with E-state index in [1.165, 1.54) is 18.2 Å². The van der Waals surface area contributed by atoms with Crippen LogP contribution in [-0.4, -0.2) is 6.54 Å². The Bertz CT molecular complexity index is 682. The topological polar surface area (TPSA) is 59.0 Å². The molecule has 0 amide bonds. The van der Waals surface area contributed by atoms with Crippen molar-refractivity contribution in [3.63, 3.8) is 0 Å². The van der Waals surface area contributed by atoms with Crippen LogP contribution in [0.4, 0.5) is 4.39 Å². The summed E-state index contributed by atoms with van der Waals surface area (Å²) < 4.78 is 19.0. The number of nitrogens with two attached hydrogens (primary N) is 1. The molecule has 0 saturated heterocycles. The van der Waals surface area contributed by atoms with Crippen LogP contribution in [0.15, 0.2) is 36.4 Å². The molecule has 0 aromatic heterocycles. The molecular weight excluding hydrogens is 291 g/mol. The average Bonchev–Trinajstić information content (AvgIpc) is 2.47. The zero-order chi connectivity index (χ0) is 15.2. The molecule has 0 aliphatic rings. The molecule has 2 rings (SSSR count). The number of nitrogens with zero attached hydrogens (tertiary/aromatic N) is 1. The van der Waals surface area contributed by atoms with Gasteiger partial charge >= 0.3 is 0 Å². The van der Waals surface area contributed by atoms with Crippen LogP contribution in [0.1, 0.15) is 16.7 Å². The lowest BCUT2D eigenvalue weighted by atomic mass is 10.1. The third-order valence-corrected chi connectivity index (χ3v) is 3.24. The minimum absolute atomic E-state index is 0.111. The van der Waals surface area contributed by atoms with Crippen LogP contribution in [0.2, 0.25) is 5.02 Å². The van der Waals surface area contributed by atoms with Gasteiger partial charge in [0.05, 0.1) is 11.6 Å². The number of hydrogen-bond donors (Lipinski definition) is 1. The predicted molar refractivity (Wildman–Crippen MR) is 79.7 cm³/mol. The van der Waals surface area contributed by atoms with E-state index in [4.69, 9.17) is 27.3 Å². The van der Waals surface area contributed by atoms with Gasteiger partial charge in [0, 0.05) is 10.6 Å². The molecule has 0 spiro atoms. The molecule has 0 radical (unpaired) electrons. The van der Waals surface area contributed by atoms with Gasteiger partial charge in [0.25, 0.3) is 0 Å². The van der Waals surface area contributed by atoms with Gasteiger partial charge in [-0.05, 0) is 54.9 Å². The van der Waals surface area contributed by atoms with Gasteiger partial charge in [0.2, 0.25) is 0 Å². The summed E-state index contributed by atoms with van der Waals surface area (Å²) in [7, 11) is 0. The van der Waals surface area contributed by atoms with Gasteiger partial charge in [-0.3, -0.25) is 0 Å². The highest BCUT2D eigenvalue weighted by Crippen LogP contribution is 2.24. The van der Waals surface area contributed by atoms with E-state index >= 15 is 0 Å². The SMILES string of the molecule is N#Cc1ccc(F)cc1COc1ccc(Cl)cc1CCN. The molecule has 0 heterocycles. The van der Waals surface area contributed by atoms with Crippen LogP contribution in [0.25, 0.3) is 0 Å². The van der Waals surface area contributed by atoms with Crippen molar-refractivity contribution in [2.24, 2.45) is 5.73 Å². The summed E-state index contributed by atoms with van der Waals surface area (Å²) in [5, 5.41) is 9.63. The lowest BCUT2D eigenvalue weighted by Crippen LogP contribution is -2.06. The Hall–Kier alpha value is -2.09. The Balaban J connectivity index is 2.20. The Morgan fingerprint density at radius 1 is 1.19 bits per heavy atom. The first kappa shape index (κ1) is 15.3. The lowest BCUT2D eigenvalue weighted by Gasteiger charge is -2.12. The molecule has 3 nitrogen and oxygen atoms in total. The maximum absolute atomic E-state index is 13.3. The van der Waals surface area contributed by atoms with Crippen molar-refractivity contribution in [1.82, 2.24) is 0 Å². The van der Waals surface area contributed by atoms with Crippen molar-refractivity contribution in [2.75, 3.05) is 6.54 Å². The summed E-state index contributed by atoms with van der Waals surface area (Å²) in [4.78, 5) is 0. The van der Waals surface area contributed by atoms with E-state index in [2.05, 4.69) is 0 Å². The molecule has 0 bridgehead atoms. The number of rotatable bonds is 5. The van der Waals surface area contributed by atoms with Crippen molar-refractivity contribution in [2.45, 2.75) is 13.0 Å². The fourth-order valence-electron chi connectivity index (χ4n) is 1.99. The van der Waals surface area contributed by atoms with E-state index in [0.29, 0.717) is 34.9 Å². The molecule has 2 aromatic rings. The fraction of sp³-hybridized carbons (Fsp3) is 0.188. The second kappa shape index (κ2) is 7.07. The minimum atomic E-state index is -0.397. The van der Waals surface area contributed by atoms with Crippen LogP contribution in [0, 0.1) is 17.1 Å². The van der Waals surface area contributed by atoms with E-state index in [0.717, 1.165) is 5.56 Å². The molecule has 0 unspecified atom stereocenters. The van der Waals surface area contributed by atoms with Crippen molar-refractivity contribution < 1.29 is 9.13 Å². The second-order valence-corrected chi connectivity index (χ2v) is 4.93. The maximum atomic E-state index is 13.3. The number of hydrogen-bond acceptors (Lipinski definition) is 3. The van der Waals surface area contributed by atoms with E-state index in [1.54, 1.807) is 18.2 Å². The van der Waals surface area contributed by atoms with Crippen LogP contribution >= 0.6 is 11.6 Å². The quantitative estimate of drug-likeness (QED) is 0.920. The second-order valence-electron chi connectivity index (χ2n) is 4.49. The van der Waals surface area contributed by atoms with E-state index in [1.807, 2.05) is 6.07 Å². The molecule has 0 aliphatic heterocycles. The van der Waals surface area contributed by atoms with Gasteiger partial charge < -0.3 is 10.5 Å². The summed E-state index contributed by atoms with van der Waals surface area (Å²) in [5.41, 5.74) is 7.35. The Morgan fingerprint density at radius 3 is 2.71 bits per heavy atom. The monoisotopic (exact) mass is 304 g/mol. The number of nitriles is 1. The van der Waals surface area contributed by atoms with Crippen molar-refractivity contribution in [1.29, 1.82) is 5.26 Å². The highest BCUT2D eigenvalue weighted by molar-refractivity contribution is 6.30. The Morgan fingerprint density at radius 2 is 2.00 bits per heavy atom. The smallest absolute Gasteiger partial charge is 0.123 e. The van der Waals surface area contributed by atoms with Gasteiger partial charge in [0.15, 0.2) is 0 Å². The first-order valence-electron chi connectivity index (χ1n) is 6.44.